The molecule has 51 heavy (non-hydrogen) atoms. The minimum Gasteiger partial charge on any atom is -0.459 e. The van der Waals surface area contributed by atoms with Crippen molar-refractivity contribution in [2.45, 2.75) is 147 Å². The van der Waals surface area contributed by atoms with Gasteiger partial charge in [-0.1, -0.05) is 39.0 Å². The van der Waals surface area contributed by atoms with Gasteiger partial charge in [0.1, 0.15) is 42.4 Å². The standard InChI is InChI=1S/C37H58O14/c1-19-14-15-28(39)47-23(5)26(18-45-34-32(44-9)31(43-8)29(40)24(6)48-34)12-10-11-13-27(38)20(2)16-21(3)30(19)50-35-33(41)37(17-22(4)46-35)25(7)49-36(42)51-37/h10,12,14-15,19-26,29-35,40-41H,11,13,16-18H2,1-9H3/b12-10+,15-14-/t19-,20+,21-,22+,23+,24+,25-,26+,29+,30+,31+,32+,33-,34+,35+,37-/m0/s1. The minimum atomic E-state index is -1.35. The Balaban J connectivity index is 1.52. The zero-order valence-electron chi connectivity index (χ0n) is 31.3. The number of ketones is 1. The fourth-order valence-electron chi connectivity index (χ4n) is 7.61. The summed E-state index contributed by atoms with van der Waals surface area (Å²) in [7, 11) is 2.97. The van der Waals surface area contributed by atoms with Crippen LogP contribution in [0.3, 0.4) is 0 Å². The zero-order valence-corrected chi connectivity index (χ0v) is 31.3. The monoisotopic (exact) mass is 726 g/mol. The van der Waals surface area contributed by atoms with Crippen molar-refractivity contribution in [1.82, 2.24) is 0 Å². The van der Waals surface area contributed by atoms with E-state index >= 15 is 0 Å². The first kappa shape index (κ1) is 41.3. The number of hydrogen-bond acceptors (Lipinski definition) is 14. The SMILES string of the molecule is CO[C@@H]1[C@H](O)[C@@H](C)O[C@@H](OC[C@H]2/C=C/CCC(=O)[C@H](C)C[C@H](C)[C@H](O[C@H]3O[C@H](C)C[C@@]4(OC(=O)O[C@H]4C)[C@H]3O)[C@@H](C)/C=C\C(=O)O[C@@H]2C)[C@@H]1OC. The lowest BCUT2D eigenvalue weighted by molar-refractivity contribution is -0.308. The highest BCUT2D eigenvalue weighted by atomic mass is 16.8. The number of aliphatic hydroxyl groups is 2. The van der Waals surface area contributed by atoms with E-state index in [0.717, 1.165) is 0 Å². The molecule has 0 aromatic carbocycles. The number of carbonyl (C=O) groups is 3. The lowest BCUT2D eigenvalue weighted by Crippen LogP contribution is -2.62. The molecule has 0 saturated carbocycles. The summed E-state index contributed by atoms with van der Waals surface area (Å²) in [5.41, 5.74) is -1.34. The molecule has 4 heterocycles. The van der Waals surface area contributed by atoms with Gasteiger partial charge in [-0.3, -0.25) is 4.79 Å². The van der Waals surface area contributed by atoms with E-state index in [1.54, 1.807) is 33.8 Å². The molecule has 0 aliphatic carbocycles. The van der Waals surface area contributed by atoms with Gasteiger partial charge in [0.15, 0.2) is 18.2 Å². The van der Waals surface area contributed by atoms with Gasteiger partial charge in [0.25, 0.3) is 0 Å². The second-order valence-electron chi connectivity index (χ2n) is 14.6. The van der Waals surface area contributed by atoms with Crippen molar-refractivity contribution in [2.75, 3.05) is 20.8 Å². The Bertz CT molecular complexity index is 1240. The summed E-state index contributed by atoms with van der Waals surface area (Å²) in [5, 5.41) is 22.0. The van der Waals surface area contributed by atoms with Gasteiger partial charge in [-0.2, -0.15) is 0 Å². The molecule has 16 atom stereocenters. The molecule has 290 valence electrons. The third kappa shape index (κ3) is 9.77. The zero-order chi connectivity index (χ0) is 37.6. The fourth-order valence-corrected chi connectivity index (χ4v) is 7.61. The summed E-state index contributed by atoms with van der Waals surface area (Å²) in [4.78, 5) is 38.5. The first-order valence-corrected chi connectivity index (χ1v) is 18.1. The Morgan fingerprint density at radius 1 is 0.863 bits per heavy atom. The summed E-state index contributed by atoms with van der Waals surface area (Å²) in [6.45, 7) is 12.8. The van der Waals surface area contributed by atoms with Crippen LogP contribution in [0.2, 0.25) is 0 Å². The molecule has 2 N–H and O–H groups in total. The summed E-state index contributed by atoms with van der Waals surface area (Å²) in [6, 6.07) is 0. The predicted molar refractivity (Wildman–Crippen MR) is 181 cm³/mol. The van der Waals surface area contributed by atoms with Gasteiger partial charge in [-0.15, -0.1) is 0 Å². The van der Waals surface area contributed by atoms with E-state index in [0.29, 0.717) is 19.3 Å². The smallest absolute Gasteiger partial charge is 0.459 e. The topological polar surface area (TPSA) is 175 Å². The Kier molecular flexibility index (Phi) is 14.6. The molecule has 3 fully saturated rings. The van der Waals surface area contributed by atoms with Crippen LogP contribution in [0.15, 0.2) is 24.3 Å². The van der Waals surface area contributed by atoms with Crippen LogP contribution < -0.4 is 0 Å². The molecule has 4 aliphatic rings. The average Bonchev–Trinajstić information content (AvgIpc) is 3.36. The molecule has 3 saturated heterocycles. The van der Waals surface area contributed by atoms with Crippen LogP contribution >= 0.6 is 0 Å². The van der Waals surface area contributed by atoms with E-state index in [1.165, 1.54) is 20.3 Å². The van der Waals surface area contributed by atoms with Gasteiger partial charge in [0, 0.05) is 50.9 Å². The van der Waals surface area contributed by atoms with E-state index < -0.39 is 91.2 Å². The highest BCUT2D eigenvalue weighted by Gasteiger charge is 2.61. The molecule has 0 bridgehead atoms. The maximum Gasteiger partial charge on any atom is 0.509 e. The summed E-state index contributed by atoms with van der Waals surface area (Å²) in [5.74, 6) is -1.77. The van der Waals surface area contributed by atoms with Gasteiger partial charge in [0.2, 0.25) is 0 Å². The van der Waals surface area contributed by atoms with Crippen molar-refractivity contribution in [3.63, 3.8) is 0 Å². The number of aliphatic hydroxyl groups excluding tert-OH is 2. The maximum absolute atomic E-state index is 13.3. The number of ether oxygens (including phenoxy) is 9. The van der Waals surface area contributed by atoms with Gasteiger partial charge in [-0.05, 0) is 46.5 Å². The second kappa shape index (κ2) is 18.1. The summed E-state index contributed by atoms with van der Waals surface area (Å²) < 4.78 is 52.3. The Hall–Kier alpha value is -2.43. The number of carbonyl (C=O) groups excluding carboxylic acids is 3. The number of esters is 1. The lowest BCUT2D eigenvalue weighted by atomic mass is 9.82. The molecular weight excluding hydrogens is 668 g/mol. The van der Waals surface area contributed by atoms with E-state index in [1.807, 2.05) is 32.9 Å². The van der Waals surface area contributed by atoms with Gasteiger partial charge >= 0.3 is 12.1 Å². The average molecular weight is 727 g/mol. The molecule has 14 heteroatoms. The highest BCUT2D eigenvalue weighted by molar-refractivity contribution is 5.82. The van der Waals surface area contributed by atoms with Crippen LogP contribution in [0.1, 0.15) is 74.1 Å². The highest BCUT2D eigenvalue weighted by Crippen LogP contribution is 2.42. The Morgan fingerprint density at radius 3 is 2.22 bits per heavy atom. The molecular formula is C37H58O14. The molecule has 14 nitrogen and oxygen atoms in total. The van der Waals surface area contributed by atoms with Crippen molar-refractivity contribution in [1.29, 1.82) is 0 Å². The van der Waals surface area contributed by atoms with Gasteiger partial charge in [-0.25, -0.2) is 9.59 Å². The van der Waals surface area contributed by atoms with Crippen LogP contribution in [0.25, 0.3) is 0 Å². The normalized spacial score (nSPS) is 45.9. The molecule has 1 spiro atoms. The third-order valence-corrected chi connectivity index (χ3v) is 10.7. The van der Waals surface area contributed by atoms with E-state index in [9.17, 15) is 24.6 Å². The van der Waals surface area contributed by atoms with E-state index in [-0.39, 0.29) is 36.6 Å². The Morgan fingerprint density at radius 2 is 1.57 bits per heavy atom. The number of Topliss-reactive ketones (excluding diaryl/α,β-unsaturated/α-hetero) is 1. The molecule has 0 amide bonds. The summed E-state index contributed by atoms with van der Waals surface area (Å²) >= 11 is 0. The van der Waals surface area contributed by atoms with E-state index in [2.05, 4.69) is 0 Å². The Labute approximate surface area is 301 Å². The first-order valence-electron chi connectivity index (χ1n) is 18.1. The van der Waals surface area contributed by atoms with Crippen molar-refractivity contribution < 1.29 is 67.2 Å². The van der Waals surface area contributed by atoms with Gasteiger partial charge < -0.3 is 52.8 Å². The molecule has 4 aliphatic heterocycles. The van der Waals surface area contributed by atoms with Crippen LogP contribution in [0, 0.1) is 23.7 Å². The quantitative estimate of drug-likeness (QED) is 0.287. The molecule has 0 aromatic rings. The largest absolute Gasteiger partial charge is 0.509 e. The van der Waals surface area contributed by atoms with Crippen LogP contribution in [-0.4, -0.2) is 122 Å². The molecule has 0 radical (unpaired) electrons. The van der Waals surface area contributed by atoms with E-state index in [4.69, 9.17) is 42.6 Å². The number of rotatable bonds is 7. The second-order valence-corrected chi connectivity index (χ2v) is 14.6. The predicted octanol–water partition coefficient (Wildman–Crippen LogP) is 3.64. The molecule has 0 unspecified atom stereocenters. The number of methoxy groups -OCH3 is 2. The van der Waals surface area contributed by atoms with Crippen molar-refractivity contribution in [3.8, 4) is 0 Å². The molecule has 0 aromatic heterocycles. The molecule has 4 rings (SSSR count). The number of hydrogen-bond donors (Lipinski definition) is 2. The van der Waals surface area contributed by atoms with Gasteiger partial charge in [0.05, 0.1) is 24.9 Å². The number of cyclic esters (lactones) is 2. The maximum atomic E-state index is 13.3. The first-order chi connectivity index (χ1) is 24.1. The summed E-state index contributed by atoms with van der Waals surface area (Å²) in [6.07, 6.45) is -1.15. The third-order valence-electron chi connectivity index (χ3n) is 10.7. The van der Waals surface area contributed by atoms with Crippen molar-refractivity contribution in [3.05, 3.63) is 24.3 Å². The van der Waals surface area contributed by atoms with Crippen LogP contribution in [-0.2, 0) is 52.2 Å². The van der Waals surface area contributed by atoms with Crippen molar-refractivity contribution in [2.24, 2.45) is 23.7 Å². The number of allylic oxidation sites excluding steroid dienone is 1. The van der Waals surface area contributed by atoms with Crippen LogP contribution in [0.4, 0.5) is 4.79 Å². The van der Waals surface area contributed by atoms with Crippen molar-refractivity contribution >= 4 is 17.9 Å². The minimum absolute atomic E-state index is 0.0925. The fraction of sp³-hybridized carbons (Fsp3) is 0.811. The van der Waals surface area contributed by atoms with Crippen LogP contribution in [0.5, 0.6) is 0 Å². The lowest BCUT2D eigenvalue weighted by Gasteiger charge is -2.46.